The van der Waals surface area contributed by atoms with E-state index in [9.17, 15) is 9.90 Å². The van der Waals surface area contributed by atoms with Crippen LogP contribution in [-0.4, -0.2) is 17.6 Å². The molecule has 0 aliphatic carbocycles. The minimum absolute atomic E-state index is 0.0718. The number of hydrogen-bond acceptors (Lipinski definition) is 2. The molecule has 0 saturated heterocycles. The normalized spacial score (nSPS) is 11.1. The first kappa shape index (κ1) is 14.1. The number of carbonyl (C=O) groups is 1. The molecule has 0 aromatic heterocycles. The van der Waals surface area contributed by atoms with Crippen LogP contribution in [0.3, 0.4) is 0 Å². The molecular weight excluding hydrogens is 250 g/mol. The van der Waals surface area contributed by atoms with Crippen LogP contribution < -0.4 is 5.32 Å². The number of phenols is 1. The van der Waals surface area contributed by atoms with E-state index in [0.29, 0.717) is 12.1 Å². The van der Waals surface area contributed by atoms with Crippen molar-refractivity contribution in [3.63, 3.8) is 0 Å². The molecule has 2 aromatic rings. The van der Waals surface area contributed by atoms with Gasteiger partial charge in [-0.1, -0.05) is 44.2 Å². The molecule has 2 rings (SSSR count). The second kappa shape index (κ2) is 5.78. The first-order valence-corrected chi connectivity index (χ1v) is 6.62. The quantitative estimate of drug-likeness (QED) is 0.896. The van der Waals surface area contributed by atoms with Crippen LogP contribution in [0.2, 0.25) is 0 Å². The molecule has 104 valence electrons. The molecule has 3 nitrogen and oxygen atoms in total. The number of benzene rings is 2. The molecule has 0 atom stereocenters. The van der Waals surface area contributed by atoms with Crippen molar-refractivity contribution in [3.05, 3.63) is 65.7 Å². The number of carbonyl (C=O) groups excluding carboxylic acids is 1. The SMILES string of the molecule is CC(C)(CNC(=O)c1ccccc1)c1ccc(O)cc1. The van der Waals surface area contributed by atoms with Crippen molar-refractivity contribution < 1.29 is 9.90 Å². The summed E-state index contributed by atoms with van der Waals surface area (Å²) < 4.78 is 0. The van der Waals surface area contributed by atoms with E-state index in [4.69, 9.17) is 0 Å². The highest BCUT2D eigenvalue weighted by Gasteiger charge is 2.21. The molecule has 2 N–H and O–H groups in total. The average Bonchev–Trinajstić information content (AvgIpc) is 2.46. The standard InChI is InChI=1S/C17H19NO2/c1-17(2,14-8-10-15(19)11-9-14)12-18-16(20)13-6-4-3-5-7-13/h3-11,19H,12H2,1-2H3,(H,18,20). The molecule has 3 heteroatoms. The van der Waals surface area contributed by atoms with Gasteiger partial charge in [-0.05, 0) is 29.8 Å². The highest BCUT2D eigenvalue weighted by Crippen LogP contribution is 2.24. The molecule has 0 bridgehead atoms. The van der Waals surface area contributed by atoms with Gasteiger partial charge in [-0.25, -0.2) is 0 Å². The Labute approximate surface area is 119 Å². The molecule has 0 aliphatic rings. The van der Waals surface area contributed by atoms with Crippen LogP contribution in [0.5, 0.6) is 5.75 Å². The van der Waals surface area contributed by atoms with E-state index in [2.05, 4.69) is 19.2 Å². The lowest BCUT2D eigenvalue weighted by Crippen LogP contribution is -2.36. The summed E-state index contributed by atoms with van der Waals surface area (Å²) in [6.07, 6.45) is 0. The average molecular weight is 269 g/mol. The Bertz CT molecular complexity index is 574. The molecule has 0 fully saturated rings. The molecule has 1 amide bonds. The Hall–Kier alpha value is -2.29. The number of nitrogens with one attached hydrogen (secondary N) is 1. The van der Waals surface area contributed by atoms with Crippen molar-refractivity contribution in [2.75, 3.05) is 6.54 Å². The zero-order chi connectivity index (χ0) is 14.6. The Morgan fingerprint density at radius 2 is 1.65 bits per heavy atom. The van der Waals surface area contributed by atoms with Gasteiger partial charge in [0.1, 0.15) is 5.75 Å². The third kappa shape index (κ3) is 3.38. The number of rotatable bonds is 4. The van der Waals surface area contributed by atoms with E-state index < -0.39 is 0 Å². The van der Waals surface area contributed by atoms with Crippen LogP contribution >= 0.6 is 0 Å². The highest BCUT2D eigenvalue weighted by atomic mass is 16.3. The Morgan fingerprint density at radius 1 is 1.05 bits per heavy atom. The van der Waals surface area contributed by atoms with Gasteiger partial charge in [-0.3, -0.25) is 4.79 Å². The summed E-state index contributed by atoms with van der Waals surface area (Å²) in [5.41, 5.74) is 1.54. The predicted octanol–water partition coefficient (Wildman–Crippen LogP) is 3.10. The lowest BCUT2D eigenvalue weighted by molar-refractivity contribution is 0.0945. The van der Waals surface area contributed by atoms with E-state index in [1.807, 2.05) is 30.3 Å². The Balaban J connectivity index is 2.02. The van der Waals surface area contributed by atoms with Crippen LogP contribution in [0.15, 0.2) is 54.6 Å². The highest BCUT2D eigenvalue weighted by molar-refractivity contribution is 5.94. The first-order chi connectivity index (χ1) is 9.49. The predicted molar refractivity (Wildman–Crippen MR) is 79.9 cm³/mol. The van der Waals surface area contributed by atoms with Crippen LogP contribution in [0.25, 0.3) is 0 Å². The zero-order valence-corrected chi connectivity index (χ0v) is 11.8. The molecule has 0 saturated carbocycles. The van der Waals surface area contributed by atoms with E-state index in [0.717, 1.165) is 5.56 Å². The summed E-state index contributed by atoms with van der Waals surface area (Å²) in [6, 6.07) is 16.3. The van der Waals surface area contributed by atoms with Gasteiger partial charge in [0.05, 0.1) is 0 Å². The fourth-order valence-electron chi connectivity index (χ4n) is 2.01. The van der Waals surface area contributed by atoms with Gasteiger partial charge in [0.2, 0.25) is 0 Å². The smallest absolute Gasteiger partial charge is 0.251 e. The summed E-state index contributed by atoms with van der Waals surface area (Å²) in [6.45, 7) is 4.65. The number of hydrogen-bond donors (Lipinski definition) is 2. The fraction of sp³-hybridized carbons (Fsp3) is 0.235. The maximum atomic E-state index is 12.0. The third-order valence-electron chi connectivity index (χ3n) is 3.38. The molecule has 0 unspecified atom stereocenters. The number of amides is 1. The second-order valence-corrected chi connectivity index (χ2v) is 5.48. The summed E-state index contributed by atoms with van der Waals surface area (Å²) in [5.74, 6) is 0.176. The molecule has 20 heavy (non-hydrogen) atoms. The van der Waals surface area contributed by atoms with E-state index in [1.54, 1.807) is 24.3 Å². The van der Waals surface area contributed by atoms with Crippen LogP contribution in [-0.2, 0) is 5.41 Å². The van der Waals surface area contributed by atoms with Crippen molar-refractivity contribution in [3.8, 4) is 5.75 Å². The van der Waals surface area contributed by atoms with Gasteiger partial charge in [-0.2, -0.15) is 0 Å². The minimum Gasteiger partial charge on any atom is -0.508 e. The van der Waals surface area contributed by atoms with Gasteiger partial charge < -0.3 is 10.4 Å². The van der Waals surface area contributed by atoms with Crippen molar-refractivity contribution >= 4 is 5.91 Å². The van der Waals surface area contributed by atoms with Gasteiger partial charge in [-0.15, -0.1) is 0 Å². The van der Waals surface area contributed by atoms with Crippen molar-refractivity contribution in [1.29, 1.82) is 0 Å². The fourth-order valence-corrected chi connectivity index (χ4v) is 2.01. The van der Waals surface area contributed by atoms with Gasteiger partial charge in [0, 0.05) is 17.5 Å². The molecular formula is C17H19NO2. The Kier molecular flexibility index (Phi) is 4.08. The second-order valence-electron chi connectivity index (χ2n) is 5.48. The summed E-state index contributed by atoms with van der Waals surface area (Å²) in [7, 11) is 0. The van der Waals surface area contributed by atoms with Crippen molar-refractivity contribution in [1.82, 2.24) is 5.32 Å². The largest absolute Gasteiger partial charge is 0.508 e. The molecule has 0 heterocycles. The van der Waals surface area contributed by atoms with Crippen LogP contribution in [0, 0.1) is 0 Å². The summed E-state index contributed by atoms with van der Waals surface area (Å²) >= 11 is 0. The number of aromatic hydroxyl groups is 1. The maximum absolute atomic E-state index is 12.0. The molecule has 0 aliphatic heterocycles. The van der Waals surface area contributed by atoms with Gasteiger partial charge in [0.15, 0.2) is 0 Å². The van der Waals surface area contributed by atoms with E-state index in [1.165, 1.54) is 0 Å². The lowest BCUT2D eigenvalue weighted by atomic mass is 9.84. The van der Waals surface area contributed by atoms with Crippen LogP contribution in [0.1, 0.15) is 29.8 Å². The first-order valence-electron chi connectivity index (χ1n) is 6.62. The van der Waals surface area contributed by atoms with Crippen LogP contribution in [0.4, 0.5) is 0 Å². The topological polar surface area (TPSA) is 49.3 Å². The maximum Gasteiger partial charge on any atom is 0.251 e. The van der Waals surface area contributed by atoms with Crippen molar-refractivity contribution in [2.45, 2.75) is 19.3 Å². The van der Waals surface area contributed by atoms with Gasteiger partial charge in [0.25, 0.3) is 5.91 Å². The lowest BCUT2D eigenvalue weighted by Gasteiger charge is -2.25. The molecule has 0 radical (unpaired) electrons. The van der Waals surface area contributed by atoms with E-state index in [-0.39, 0.29) is 17.1 Å². The monoisotopic (exact) mass is 269 g/mol. The third-order valence-corrected chi connectivity index (χ3v) is 3.38. The number of phenolic OH excluding ortho intramolecular Hbond substituents is 1. The summed E-state index contributed by atoms with van der Waals surface area (Å²) in [4.78, 5) is 12.0. The van der Waals surface area contributed by atoms with E-state index >= 15 is 0 Å². The Morgan fingerprint density at radius 3 is 2.25 bits per heavy atom. The molecule has 2 aromatic carbocycles. The molecule has 0 spiro atoms. The zero-order valence-electron chi connectivity index (χ0n) is 11.8. The van der Waals surface area contributed by atoms with Gasteiger partial charge >= 0.3 is 0 Å². The minimum atomic E-state index is -0.196. The van der Waals surface area contributed by atoms with Crippen molar-refractivity contribution in [2.24, 2.45) is 0 Å². The summed E-state index contributed by atoms with van der Waals surface area (Å²) in [5, 5.41) is 12.3.